The van der Waals surface area contributed by atoms with Crippen LogP contribution in [0, 0.1) is 18.3 Å². The summed E-state index contributed by atoms with van der Waals surface area (Å²) in [6.07, 6.45) is 1.46. The van der Waals surface area contributed by atoms with Gasteiger partial charge in [0.15, 0.2) is 0 Å². The van der Waals surface area contributed by atoms with Crippen molar-refractivity contribution in [3.8, 4) is 11.8 Å². The van der Waals surface area contributed by atoms with Crippen LogP contribution in [0.1, 0.15) is 16.7 Å². The van der Waals surface area contributed by atoms with Crippen LogP contribution < -0.4 is 10.1 Å². The van der Waals surface area contributed by atoms with Gasteiger partial charge in [-0.15, -0.1) is 0 Å². The number of carbonyl (C=O) groups excluding carboxylic acids is 1. The molecule has 0 aliphatic carbocycles. The fourth-order valence-corrected chi connectivity index (χ4v) is 4.14. The minimum absolute atomic E-state index is 0.0906. The highest BCUT2D eigenvalue weighted by atomic mass is 35.5. The zero-order chi connectivity index (χ0) is 24.9. The number of nitrogens with one attached hydrogen (secondary N) is 1. The zero-order valence-electron chi connectivity index (χ0n) is 18.6. The molecule has 4 rings (SSSR count). The Balaban J connectivity index is 1.50. The Labute approximate surface area is 218 Å². The number of hydrogen-bond donors (Lipinski definition) is 1. The van der Waals surface area contributed by atoms with Crippen molar-refractivity contribution in [1.29, 1.82) is 5.26 Å². The van der Waals surface area contributed by atoms with Crippen LogP contribution in [-0.2, 0) is 11.4 Å². The van der Waals surface area contributed by atoms with Crippen molar-refractivity contribution in [3.63, 3.8) is 0 Å². The summed E-state index contributed by atoms with van der Waals surface area (Å²) in [5, 5.41) is 15.5. The van der Waals surface area contributed by atoms with Gasteiger partial charge in [0.25, 0.3) is 5.91 Å². The third-order valence-electron chi connectivity index (χ3n) is 5.46. The van der Waals surface area contributed by atoms with E-state index in [0.29, 0.717) is 38.7 Å². The maximum Gasteiger partial charge on any atom is 0.266 e. The Bertz CT molecular complexity index is 1510. The monoisotopic (exact) mass is 520 g/mol. The minimum Gasteiger partial charge on any atom is -0.487 e. The summed E-state index contributed by atoms with van der Waals surface area (Å²) in [5.41, 5.74) is 3.15. The standard InChI is InChI=1S/C28H19Cl3N2O2/c1-17-6-8-19-4-2-3-5-22(19)23(17)16-35-27-11-7-18(13-26(27)31)12-20(15-32)28(34)33-21-9-10-24(29)25(30)14-21/h2-14H,16H2,1H3,(H,33,34)/b20-12+. The molecule has 0 radical (unpaired) electrons. The average molecular weight is 522 g/mol. The molecule has 35 heavy (non-hydrogen) atoms. The van der Waals surface area contributed by atoms with E-state index in [2.05, 4.69) is 29.6 Å². The first-order valence-corrected chi connectivity index (χ1v) is 11.8. The molecule has 1 amide bonds. The first-order chi connectivity index (χ1) is 16.9. The van der Waals surface area contributed by atoms with Crippen molar-refractivity contribution in [1.82, 2.24) is 0 Å². The number of fused-ring (bicyclic) bond motifs is 1. The molecule has 4 aromatic rings. The summed E-state index contributed by atoms with van der Waals surface area (Å²) in [7, 11) is 0. The summed E-state index contributed by atoms with van der Waals surface area (Å²) in [6, 6.07) is 24.0. The van der Waals surface area contributed by atoms with E-state index in [-0.39, 0.29) is 5.57 Å². The Morgan fingerprint density at radius 3 is 2.51 bits per heavy atom. The highest BCUT2D eigenvalue weighted by molar-refractivity contribution is 6.42. The molecular formula is C28H19Cl3N2O2. The molecule has 0 unspecified atom stereocenters. The molecule has 1 N–H and O–H groups in total. The Morgan fingerprint density at radius 1 is 0.971 bits per heavy atom. The second-order valence-electron chi connectivity index (χ2n) is 7.81. The summed E-state index contributed by atoms with van der Waals surface area (Å²) in [5.74, 6) is -0.0660. The van der Waals surface area contributed by atoms with Gasteiger partial charge in [-0.25, -0.2) is 0 Å². The summed E-state index contributed by atoms with van der Waals surface area (Å²) in [4.78, 5) is 12.6. The molecule has 0 aromatic heterocycles. The topological polar surface area (TPSA) is 62.1 Å². The molecule has 0 heterocycles. The van der Waals surface area contributed by atoms with Crippen LogP contribution in [0.25, 0.3) is 16.8 Å². The predicted molar refractivity (Wildman–Crippen MR) is 143 cm³/mol. The van der Waals surface area contributed by atoms with E-state index >= 15 is 0 Å². The quantitative estimate of drug-likeness (QED) is 0.205. The van der Waals surface area contributed by atoms with Gasteiger partial charge in [0.2, 0.25) is 0 Å². The third-order valence-corrected chi connectivity index (χ3v) is 6.49. The number of hydrogen-bond acceptors (Lipinski definition) is 3. The fraction of sp³-hybridized carbons (Fsp3) is 0.0714. The second-order valence-corrected chi connectivity index (χ2v) is 9.04. The van der Waals surface area contributed by atoms with Crippen molar-refractivity contribution < 1.29 is 9.53 Å². The molecule has 0 aliphatic rings. The second kappa shape index (κ2) is 10.8. The molecule has 0 atom stereocenters. The van der Waals surface area contributed by atoms with E-state index in [9.17, 15) is 10.1 Å². The largest absolute Gasteiger partial charge is 0.487 e. The van der Waals surface area contributed by atoms with Crippen LogP contribution in [0.2, 0.25) is 15.1 Å². The van der Waals surface area contributed by atoms with Gasteiger partial charge >= 0.3 is 0 Å². The normalized spacial score (nSPS) is 11.2. The summed E-state index contributed by atoms with van der Waals surface area (Å²) >= 11 is 18.3. The molecule has 7 heteroatoms. The maximum absolute atomic E-state index is 12.6. The molecular weight excluding hydrogens is 503 g/mol. The molecule has 174 valence electrons. The van der Waals surface area contributed by atoms with Gasteiger partial charge in [0.05, 0.1) is 15.1 Å². The van der Waals surface area contributed by atoms with Crippen LogP contribution in [0.3, 0.4) is 0 Å². The van der Waals surface area contributed by atoms with E-state index in [1.54, 1.807) is 30.3 Å². The lowest BCUT2D eigenvalue weighted by Crippen LogP contribution is -2.13. The zero-order valence-corrected chi connectivity index (χ0v) is 20.9. The molecule has 0 saturated carbocycles. The maximum atomic E-state index is 12.6. The van der Waals surface area contributed by atoms with Crippen LogP contribution in [-0.4, -0.2) is 5.91 Å². The molecule has 0 spiro atoms. The van der Waals surface area contributed by atoms with Crippen molar-refractivity contribution in [2.45, 2.75) is 13.5 Å². The van der Waals surface area contributed by atoms with Gasteiger partial charge in [-0.3, -0.25) is 4.79 Å². The number of nitriles is 1. The van der Waals surface area contributed by atoms with E-state index in [0.717, 1.165) is 21.9 Å². The molecule has 0 fully saturated rings. The first kappa shape index (κ1) is 24.6. The van der Waals surface area contributed by atoms with Gasteiger partial charge in [0.1, 0.15) is 24.0 Å². The number of amides is 1. The number of nitrogens with zero attached hydrogens (tertiary/aromatic N) is 1. The van der Waals surface area contributed by atoms with E-state index < -0.39 is 5.91 Å². The van der Waals surface area contributed by atoms with E-state index in [1.165, 1.54) is 12.1 Å². The summed E-state index contributed by atoms with van der Waals surface area (Å²) in [6.45, 7) is 2.41. The molecule has 0 saturated heterocycles. The number of anilines is 1. The highest BCUT2D eigenvalue weighted by Crippen LogP contribution is 2.30. The number of aryl methyl sites for hydroxylation is 1. The fourth-order valence-electron chi connectivity index (χ4n) is 3.60. The highest BCUT2D eigenvalue weighted by Gasteiger charge is 2.12. The van der Waals surface area contributed by atoms with Crippen molar-refractivity contribution in [2.24, 2.45) is 0 Å². The first-order valence-electron chi connectivity index (χ1n) is 10.6. The SMILES string of the molecule is Cc1ccc2ccccc2c1COc1ccc(/C=C(\C#N)C(=O)Nc2ccc(Cl)c(Cl)c2)cc1Cl. The van der Waals surface area contributed by atoms with Gasteiger partial charge < -0.3 is 10.1 Å². The van der Waals surface area contributed by atoms with E-state index in [4.69, 9.17) is 39.5 Å². The van der Waals surface area contributed by atoms with Crippen molar-refractivity contribution in [3.05, 3.63) is 110 Å². The Kier molecular flexibility index (Phi) is 7.63. The van der Waals surface area contributed by atoms with Crippen LogP contribution in [0.15, 0.2) is 78.4 Å². The van der Waals surface area contributed by atoms with Gasteiger partial charge in [0, 0.05) is 11.3 Å². The average Bonchev–Trinajstić information content (AvgIpc) is 2.85. The lowest BCUT2D eigenvalue weighted by atomic mass is 10.0. The number of rotatable bonds is 6. The lowest BCUT2D eigenvalue weighted by molar-refractivity contribution is -0.112. The van der Waals surface area contributed by atoms with Crippen molar-refractivity contribution >= 4 is 63.2 Å². The lowest BCUT2D eigenvalue weighted by Gasteiger charge is -2.13. The van der Waals surface area contributed by atoms with E-state index in [1.807, 2.05) is 25.1 Å². The Hall–Kier alpha value is -3.49. The smallest absolute Gasteiger partial charge is 0.266 e. The minimum atomic E-state index is -0.575. The van der Waals surface area contributed by atoms with Crippen LogP contribution in [0.4, 0.5) is 5.69 Å². The number of benzene rings is 4. The van der Waals surface area contributed by atoms with Gasteiger partial charge in [-0.1, -0.05) is 77.3 Å². The van der Waals surface area contributed by atoms with Crippen LogP contribution >= 0.6 is 34.8 Å². The predicted octanol–water partition coefficient (Wildman–Crippen LogP) is 8.23. The molecule has 0 aliphatic heterocycles. The molecule has 0 bridgehead atoms. The molecule has 4 nitrogen and oxygen atoms in total. The summed E-state index contributed by atoms with van der Waals surface area (Å²) < 4.78 is 6.03. The van der Waals surface area contributed by atoms with Gasteiger partial charge in [-0.2, -0.15) is 5.26 Å². The Morgan fingerprint density at radius 2 is 1.77 bits per heavy atom. The number of ether oxygens (including phenoxy) is 1. The van der Waals surface area contributed by atoms with Gasteiger partial charge in [-0.05, 0) is 65.2 Å². The van der Waals surface area contributed by atoms with Crippen LogP contribution in [0.5, 0.6) is 5.75 Å². The third kappa shape index (κ3) is 5.78. The number of carbonyl (C=O) groups is 1. The van der Waals surface area contributed by atoms with Crippen molar-refractivity contribution in [2.75, 3.05) is 5.32 Å². The molecule has 4 aromatic carbocycles. The number of halogens is 3.